The van der Waals surface area contributed by atoms with Crippen LogP contribution in [0.1, 0.15) is 20.3 Å². The molecule has 0 bridgehead atoms. The van der Waals surface area contributed by atoms with Gasteiger partial charge in [0.05, 0.1) is 6.61 Å². The van der Waals surface area contributed by atoms with Crippen LogP contribution in [0, 0.1) is 0 Å². The highest BCUT2D eigenvalue weighted by Crippen LogP contribution is 2.39. The Morgan fingerprint density at radius 3 is 2.45 bits per heavy atom. The van der Waals surface area contributed by atoms with E-state index in [1.54, 1.807) is 0 Å². The fourth-order valence-electron chi connectivity index (χ4n) is 1.25. The van der Waals surface area contributed by atoms with Crippen molar-refractivity contribution in [1.82, 2.24) is 0 Å². The molecule has 1 rings (SSSR count). The lowest BCUT2D eigenvalue weighted by Crippen LogP contribution is -2.49. The number of ether oxygens (including phenoxy) is 1. The summed E-state index contributed by atoms with van der Waals surface area (Å²) in [5.41, 5.74) is 0. The Morgan fingerprint density at radius 2 is 2.27 bits per heavy atom. The molecule has 64 valence electrons. The molecule has 4 heteroatoms. The third-order valence-electron chi connectivity index (χ3n) is 2.20. The zero-order valence-electron chi connectivity index (χ0n) is 6.63. The summed E-state index contributed by atoms with van der Waals surface area (Å²) in [4.78, 5) is 11.1. The van der Waals surface area contributed by atoms with Crippen molar-refractivity contribution in [3.05, 3.63) is 0 Å². The highest BCUT2D eigenvalue weighted by molar-refractivity contribution is 7.82. The molecule has 11 heavy (non-hydrogen) atoms. The fourth-order valence-corrected chi connectivity index (χ4v) is 1.41. The van der Waals surface area contributed by atoms with E-state index < -0.39 is 10.5 Å². The summed E-state index contributed by atoms with van der Waals surface area (Å²) in [6, 6.07) is 0. The number of aliphatic hydroxyl groups is 1. The van der Waals surface area contributed by atoms with Gasteiger partial charge in [0.1, 0.15) is 4.75 Å². The van der Waals surface area contributed by atoms with Crippen LogP contribution < -0.4 is 0 Å². The predicted octanol–water partition coefficient (Wildman–Crippen LogP) is 0.373. The van der Waals surface area contributed by atoms with Crippen LogP contribution in [0.5, 0.6) is 0 Å². The van der Waals surface area contributed by atoms with Crippen molar-refractivity contribution in [1.29, 1.82) is 0 Å². The smallest absolute Gasteiger partial charge is 0.184 e. The van der Waals surface area contributed by atoms with E-state index in [0.29, 0.717) is 13.0 Å². The van der Waals surface area contributed by atoms with Gasteiger partial charge in [-0.05, 0) is 20.3 Å². The lowest BCUT2D eigenvalue weighted by atomic mass is 9.94. The third kappa shape index (κ3) is 1.19. The SMILES string of the molecule is CC(=O)C1(S)CCOC1(C)O. The molecule has 0 amide bonds. The summed E-state index contributed by atoms with van der Waals surface area (Å²) in [5, 5.41) is 9.56. The van der Waals surface area contributed by atoms with Crippen molar-refractivity contribution in [3.8, 4) is 0 Å². The van der Waals surface area contributed by atoms with Crippen LogP contribution in [-0.2, 0) is 9.53 Å². The molecule has 0 aromatic heterocycles. The lowest BCUT2D eigenvalue weighted by Gasteiger charge is -2.31. The van der Waals surface area contributed by atoms with Gasteiger partial charge in [0.15, 0.2) is 11.6 Å². The normalized spacial score (nSPS) is 44.4. The van der Waals surface area contributed by atoms with E-state index in [4.69, 9.17) is 4.74 Å². The van der Waals surface area contributed by atoms with E-state index in [2.05, 4.69) is 12.6 Å². The number of thiol groups is 1. The standard InChI is InChI=1S/C7H12O3S/c1-5(8)7(11)3-4-10-6(7,2)9/h9,11H,3-4H2,1-2H3. The van der Waals surface area contributed by atoms with Gasteiger partial charge in [-0.1, -0.05) is 0 Å². The molecule has 2 atom stereocenters. The molecular weight excluding hydrogens is 164 g/mol. The van der Waals surface area contributed by atoms with E-state index >= 15 is 0 Å². The molecule has 1 N–H and O–H groups in total. The van der Waals surface area contributed by atoms with E-state index in [1.807, 2.05) is 0 Å². The maximum absolute atomic E-state index is 11.1. The van der Waals surface area contributed by atoms with Crippen molar-refractivity contribution >= 4 is 18.4 Å². The van der Waals surface area contributed by atoms with Gasteiger partial charge in [0, 0.05) is 0 Å². The molecule has 1 aliphatic rings. The second-order valence-electron chi connectivity index (χ2n) is 3.00. The van der Waals surface area contributed by atoms with Gasteiger partial charge in [0.25, 0.3) is 0 Å². The van der Waals surface area contributed by atoms with Gasteiger partial charge in [0.2, 0.25) is 0 Å². The first-order chi connectivity index (χ1) is 4.90. The second-order valence-corrected chi connectivity index (χ2v) is 3.76. The van der Waals surface area contributed by atoms with Crippen LogP contribution >= 0.6 is 12.6 Å². The van der Waals surface area contributed by atoms with E-state index in [1.165, 1.54) is 13.8 Å². The quantitative estimate of drug-likeness (QED) is 0.567. The summed E-state index contributed by atoms with van der Waals surface area (Å²) in [5.74, 6) is -1.56. The number of hydrogen-bond donors (Lipinski definition) is 2. The van der Waals surface area contributed by atoms with Gasteiger partial charge < -0.3 is 9.84 Å². The maximum atomic E-state index is 11.1. The summed E-state index contributed by atoms with van der Waals surface area (Å²) >= 11 is 4.13. The van der Waals surface area contributed by atoms with Crippen LogP contribution in [0.2, 0.25) is 0 Å². The van der Waals surface area contributed by atoms with Crippen LogP contribution in [0.3, 0.4) is 0 Å². The molecule has 0 spiro atoms. The van der Waals surface area contributed by atoms with Gasteiger partial charge in [-0.15, -0.1) is 0 Å². The van der Waals surface area contributed by atoms with E-state index in [-0.39, 0.29) is 5.78 Å². The monoisotopic (exact) mass is 176 g/mol. The molecule has 1 saturated heterocycles. The minimum atomic E-state index is -1.41. The molecule has 1 heterocycles. The summed E-state index contributed by atoms with van der Waals surface area (Å²) in [6.45, 7) is 3.26. The van der Waals surface area contributed by atoms with E-state index in [9.17, 15) is 9.90 Å². The third-order valence-corrected chi connectivity index (χ3v) is 3.15. The Kier molecular flexibility index (Phi) is 2.03. The number of rotatable bonds is 1. The Morgan fingerprint density at radius 1 is 1.73 bits per heavy atom. The zero-order valence-corrected chi connectivity index (χ0v) is 7.52. The number of Topliss-reactive ketones (excluding diaryl/α,β-unsaturated/α-hetero) is 1. The van der Waals surface area contributed by atoms with Crippen molar-refractivity contribution in [3.63, 3.8) is 0 Å². The van der Waals surface area contributed by atoms with Gasteiger partial charge >= 0.3 is 0 Å². The number of hydrogen-bond acceptors (Lipinski definition) is 4. The molecule has 1 aliphatic heterocycles. The summed E-state index contributed by atoms with van der Waals surface area (Å²) in [7, 11) is 0. The van der Waals surface area contributed by atoms with Gasteiger partial charge in [-0.2, -0.15) is 12.6 Å². The van der Waals surface area contributed by atoms with Crippen LogP contribution in [0.25, 0.3) is 0 Å². The van der Waals surface area contributed by atoms with Crippen LogP contribution in [-0.4, -0.2) is 28.0 Å². The predicted molar refractivity (Wildman–Crippen MR) is 43.6 cm³/mol. The molecule has 0 saturated carbocycles. The summed E-state index contributed by atoms with van der Waals surface area (Å²) in [6.07, 6.45) is 0.471. The molecule has 0 aliphatic carbocycles. The first-order valence-electron chi connectivity index (χ1n) is 3.50. The van der Waals surface area contributed by atoms with Crippen molar-refractivity contribution in [2.24, 2.45) is 0 Å². The first-order valence-corrected chi connectivity index (χ1v) is 3.94. The Labute approximate surface area is 71.1 Å². The summed E-state index contributed by atoms with van der Waals surface area (Å²) < 4.78 is 3.95. The minimum Gasteiger partial charge on any atom is -0.364 e. The topological polar surface area (TPSA) is 46.5 Å². The van der Waals surface area contributed by atoms with Crippen LogP contribution in [0.15, 0.2) is 0 Å². The fraction of sp³-hybridized carbons (Fsp3) is 0.857. The highest BCUT2D eigenvalue weighted by atomic mass is 32.1. The molecule has 0 aromatic rings. The van der Waals surface area contributed by atoms with Crippen molar-refractivity contribution in [2.45, 2.75) is 30.8 Å². The Hall–Kier alpha value is -0.0600. The first kappa shape index (κ1) is 9.03. The van der Waals surface area contributed by atoms with Crippen molar-refractivity contribution in [2.75, 3.05) is 6.61 Å². The molecule has 2 unspecified atom stereocenters. The van der Waals surface area contributed by atoms with Gasteiger partial charge in [-0.25, -0.2) is 0 Å². The average Bonchev–Trinajstić information content (AvgIpc) is 2.09. The van der Waals surface area contributed by atoms with Crippen LogP contribution in [0.4, 0.5) is 0 Å². The van der Waals surface area contributed by atoms with E-state index in [0.717, 1.165) is 0 Å². The highest BCUT2D eigenvalue weighted by Gasteiger charge is 2.53. The lowest BCUT2D eigenvalue weighted by molar-refractivity contribution is -0.174. The van der Waals surface area contributed by atoms with Gasteiger partial charge in [-0.3, -0.25) is 4.79 Å². The Bertz CT molecular complexity index is 190. The molecule has 3 nitrogen and oxygen atoms in total. The number of carbonyl (C=O) groups excluding carboxylic acids is 1. The maximum Gasteiger partial charge on any atom is 0.184 e. The van der Waals surface area contributed by atoms with Crippen molar-refractivity contribution < 1.29 is 14.6 Å². The number of carbonyl (C=O) groups is 1. The minimum absolute atomic E-state index is 0.150. The Balaban J connectivity index is 2.93. The second kappa shape index (κ2) is 2.47. The number of ketones is 1. The largest absolute Gasteiger partial charge is 0.364 e. The molecule has 0 aromatic carbocycles. The molecule has 1 fully saturated rings. The average molecular weight is 176 g/mol. The zero-order chi connectivity index (χ0) is 8.70. The molecule has 0 radical (unpaired) electrons. The molecular formula is C7H12O3S.